The van der Waals surface area contributed by atoms with Crippen LogP contribution < -0.4 is 15.2 Å². The number of rotatable bonds is 5. The van der Waals surface area contributed by atoms with E-state index in [1.165, 1.54) is 0 Å². The van der Waals surface area contributed by atoms with E-state index in [1.54, 1.807) is 30.6 Å². The van der Waals surface area contributed by atoms with Gasteiger partial charge in [-0.15, -0.1) is 0 Å². The number of pyridine rings is 1. The summed E-state index contributed by atoms with van der Waals surface area (Å²) >= 11 is -1.59. The van der Waals surface area contributed by atoms with E-state index in [0.717, 1.165) is 18.7 Å². The van der Waals surface area contributed by atoms with E-state index >= 15 is 0 Å². The van der Waals surface area contributed by atoms with E-state index in [1.807, 2.05) is 34.7 Å². The molecule has 34 heavy (non-hydrogen) atoms. The molecule has 0 spiro atoms. The van der Waals surface area contributed by atoms with E-state index < -0.39 is 11.2 Å². The Morgan fingerprint density at radius 3 is 3.00 bits per heavy atom. The molecule has 0 bridgehead atoms. The molecule has 3 aromatic rings. The van der Waals surface area contributed by atoms with Gasteiger partial charge in [0.05, 0.1) is 17.9 Å². The molecule has 1 aromatic carbocycles. The lowest BCUT2D eigenvalue weighted by Gasteiger charge is -2.33. The van der Waals surface area contributed by atoms with Crippen molar-refractivity contribution in [2.45, 2.75) is 19.8 Å². The fourth-order valence-electron chi connectivity index (χ4n) is 4.33. The third-order valence-corrected chi connectivity index (χ3v) is 6.76. The first-order valence-electron chi connectivity index (χ1n) is 11.0. The molecule has 3 N–H and O–H groups in total. The van der Waals surface area contributed by atoms with E-state index in [4.69, 9.17) is 10.5 Å². The molecule has 0 radical (unpaired) electrons. The van der Waals surface area contributed by atoms with Crippen molar-refractivity contribution < 1.29 is 13.7 Å². The van der Waals surface area contributed by atoms with Crippen molar-refractivity contribution in [1.29, 1.82) is 0 Å². The minimum absolute atomic E-state index is 0.0220. The Hall–Kier alpha value is -3.73. The van der Waals surface area contributed by atoms with Crippen LogP contribution in [0.5, 0.6) is 5.75 Å². The molecule has 176 valence electrons. The van der Waals surface area contributed by atoms with Gasteiger partial charge >= 0.3 is 0 Å². The number of carbonyl (C=O) groups excluding carboxylic acids is 1. The molecule has 4 heterocycles. The van der Waals surface area contributed by atoms with Gasteiger partial charge in [-0.05, 0) is 44.0 Å². The molecule has 0 aliphatic carbocycles. The second-order valence-electron chi connectivity index (χ2n) is 8.32. The number of amidine groups is 1. The van der Waals surface area contributed by atoms with Crippen LogP contribution in [0.25, 0.3) is 5.82 Å². The maximum atomic E-state index is 13.3. The van der Waals surface area contributed by atoms with Gasteiger partial charge in [-0.1, -0.05) is 6.07 Å². The Morgan fingerprint density at radius 2 is 2.18 bits per heavy atom. The first kappa shape index (κ1) is 22.1. The van der Waals surface area contributed by atoms with Crippen LogP contribution in [0.2, 0.25) is 0 Å². The largest absolute Gasteiger partial charge is 0.492 e. The minimum atomic E-state index is -1.59. The highest BCUT2D eigenvalue weighted by Crippen LogP contribution is 2.30. The zero-order valence-electron chi connectivity index (χ0n) is 18.7. The van der Waals surface area contributed by atoms with Gasteiger partial charge in [-0.3, -0.25) is 14.1 Å². The summed E-state index contributed by atoms with van der Waals surface area (Å²) in [7, 11) is 0. The number of carbonyl (C=O) groups is 1. The number of likely N-dealkylation sites (tertiary alicyclic amines) is 1. The van der Waals surface area contributed by atoms with Crippen molar-refractivity contribution in [2.24, 2.45) is 16.0 Å². The van der Waals surface area contributed by atoms with Crippen LogP contribution in [-0.4, -0.2) is 55.1 Å². The van der Waals surface area contributed by atoms with Crippen molar-refractivity contribution in [3.05, 3.63) is 65.9 Å². The Morgan fingerprint density at radius 1 is 1.29 bits per heavy atom. The summed E-state index contributed by atoms with van der Waals surface area (Å²) < 4.78 is 26.4. The van der Waals surface area contributed by atoms with Crippen molar-refractivity contribution in [3.63, 3.8) is 0 Å². The fourth-order valence-corrected chi connectivity index (χ4v) is 5.01. The average molecular weight is 480 g/mol. The summed E-state index contributed by atoms with van der Waals surface area (Å²) in [4.78, 5) is 23.7. The number of aromatic nitrogens is 3. The number of imidazole rings is 1. The zero-order chi connectivity index (χ0) is 23.7. The monoisotopic (exact) mass is 479 g/mol. The predicted molar refractivity (Wildman–Crippen MR) is 129 cm³/mol. The van der Waals surface area contributed by atoms with Crippen LogP contribution in [0.15, 0.2) is 53.3 Å². The first-order chi connectivity index (χ1) is 16.5. The summed E-state index contributed by atoms with van der Waals surface area (Å²) in [6, 6.07) is 8.97. The van der Waals surface area contributed by atoms with E-state index in [0.29, 0.717) is 48.1 Å². The number of fused-ring (bicyclic) bond motifs is 1. The number of amides is 1. The first-order valence-corrected chi connectivity index (χ1v) is 12.1. The Labute approximate surface area is 199 Å². The Kier molecular flexibility index (Phi) is 6.01. The molecule has 1 fully saturated rings. The third kappa shape index (κ3) is 4.38. The predicted octanol–water partition coefficient (Wildman–Crippen LogP) is 2.22. The molecular weight excluding hydrogens is 454 g/mol. The van der Waals surface area contributed by atoms with Gasteiger partial charge in [-0.25, -0.2) is 14.2 Å². The lowest BCUT2D eigenvalue weighted by atomic mass is 9.98. The van der Waals surface area contributed by atoms with Gasteiger partial charge in [0, 0.05) is 43.2 Å². The van der Waals surface area contributed by atoms with Gasteiger partial charge in [0.1, 0.15) is 23.2 Å². The number of piperidine rings is 1. The fraction of sp³-hybridized carbons (Fsp3) is 0.304. The van der Waals surface area contributed by atoms with Gasteiger partial charge < -0.3 is 15.4 Å². The molecule has 2 aromatic heterocycles. The number of aryl methyl sites for hydroxylation is 1. The van der Waals surface area contributed by atoms with Crippen LogP contribution in [0.1, 0.15) is 34.6 Å². The highest BCUT2D eigenvalue weighted by atomic mass is 32.2. The van der Waals surface area contributed by atoms with Gasteiger partial charge in [0.25, 0.3) is 5.91 Å². The average Bonchev–Trinajstić information content (AvgIpc) is 3.28. The summed E-state index contributed by atoms with van der Waals surface area (Å²) in [6.07, 6.45) is 7.04. The summed E-state index contributed by atoms with van der Waals surface area (Å²) in [6.45, 7) is 3.63. The molecule has 0 saturated carbocycles. The van der Waals surface area contributed by atoms with Gasteiger partial charge in [0.15, 0.2) is 0 Å². The lowest BCUT2D eigenvalue weighted by Crippen LogP contribution is -2.41. The molecule has 1 amide bonds. The number of nitrogens with two attached hydrogens (primary N) is 1. The van der Waals surface area contributed by atoms with Crippen LogP contribution in [0.4, 0.5) is 5.69 Å². The molecule has 2 aliphatic rings. The lowest BCUT2D eigenvalue weighted by molar-refractivity contribution is 0.0633. The SMILES string of the molecule is Cc1nccn1-c1cc(C(=O)N2CCC[C@H](COc3cccc4c3C(N)=NS(=O)N4)C2)ccn1. The van der Waals surface area contributed by atoms with E-state index in [-0.39, 0.29) is 17.7 Å². The third-order valence-electron chi connectivity index (χ3n) is 6.01. The molecule has 2 atom stereocenters. The molecule has 2 aliphatic heterocycles. The van der Waals surface area contributed by atoms with Crippen molar-refractivity contribution in [2.75, 3.05) is 24.4 Å². The van der Waals surface area contributed by atoms with Crippen molar-refractivity contribution in [1.82, 2.24) is 19.4 Å². The highest BCUT2D eigenvalue weighted by molar-refractivity contribution is 7.85. The quantitative estimate of drug-likeness (QED) is 0.578. The molecular formula is C23H25N7O3S. The topological polar surface area (TPSA) is 128 Å². The summed E-state index contributed by atoms with van der Waals surface area (Å²) in [5, 5.41) is 0. The highest BCUT2D eigenvalue weighted by Gasteiger charge is 2.26. The summed E-state index contributed by atoms with van der Waals surface area (Å²) in [5.74, 6) is 2.40. The standard InChI is InChI=1S/C23H25N7O3S/c1-15-25-9-11-30(15)20-12-17(7-8-26-20)23(31)29-10-3-4-16(13-29)14-33-19-6-2-5-18-21(19)22(24)28-34(32)27-18/h2,5-9,11-12,16,27H,3-4,10,13-14H2,1H3,(H2,24,28)/t16-,34?/m0/s1. The van der Waals surface area contributed by atoms with Gasteiger partial charge in [-0.2, -0.15) is 4.40 Å². The second-order valence-corrected chi connectivity index (χ2v) is 9.21. The van der Waals surface area contributed by atoms with Crippen LogP contribution in [0, 0.1) is 12.8 Å². The normalized spacial score (nSPS) is 19.7. The van der Waals surface area contributed by atoms with Crippen molar-refractivity contribution in [3.8, 4) is 11.6 Å². The molecule has 5 rings (SSSR count). The van der Waals surface area contributed by atoms with Crippen LogP contribution in [0.3, 0.4) is 0 Å². The number of hydrogen-bond donors (Lipinski definition) is 2. The number of hydrogen-bond acceptors (Lipinski definition) is 6. The Bertz CT molecular complexity index is 1290. The number of ether oxygens (including phenoxy) is 1. The molecule has 11 heteroatoms. The molecule has 1 unspecified atom stereocenters. The number of anilines is 1. The minimum Gasteiger partial charge on any atom is -0.492 e. The zero-order valence-corrected chi connectivity index (χ0v) is 19.5. The summed E-state index contributed by atoms with van der Waals surface area (Å²) in [5.41, 5.74) is 7.85. The number of benzene rings is 1. The molecule has 10 nitrogen and oxygen atoms in total. The molecule has 1 saturated heterocycles. The van der Waals surface area contributed by atoms with Gasteiger partial charge in [0.2, 0.25) is 11.2 Å². The second kappa shape index (κ2) is 9.26. The Balaban J connectivity index is 1.27. The number of nitrogens with one attached hydrogen (secondary N) is 1. The van der Waals surface area contributed by atoms with Crippen LogP contribution >= 0.6 is 0 Å². The van der Waals surface area contributed by atoms with E-state index in [9.17, 15) is 9.00 Å². The smallest absolute Gasteiger partial charge is 0.254 e. The maximum Gasteiger partial charge on any atom is 0.254 e. The van der Waals surface area contributed by atoms with Crippen molar-refractivity contribution >= 4 is 28.6 Å². The number of nitrogens with zero attached hydrogens (tertiary/aromatic N) is 5. The van der Waals surface area contributed by atoms with E-state index in [2.05, 4.69) is 19.1 Å². The van der Waals surface area contributed by atoms with Crippen LogP contribution in [-0.2, 0) is 11.2 Å². The maximum absolute atomic E-state index is 13.3.